The number of benzene rings is 2. The fourth-order valence-corrected chi connectivity index (χ4v) is 5.52. The van der Waals surface area contributed by atoms with Gasteiger partial charge < -0.3 is 29.8 Å². The summed E-state index contributed by atoms with van der Waals surface area (Å²) in [6.45, 7) is 5.71. The summed E-state index contributed by atoms with van der Waals surface area (Å²) in [7, 11) is 1.30. The molecule has 1 aromatic heterocycles. The minimum atomic E-state index is -0.726. The second-order valence-electron chi connectivity index (χ2n) is 11.4. The molecule has 0 aliphatic heterocycles. The Bertz CT molecular complexity index is 1460. The van der Waals surface area contributed by atoms with E-state index in [1.54, 1.807) is 75.0 Å². The van der Waals surface area contributed by atoms with Crippen molar-refractivity contribution in [1.29, 1.82) is 0 Å². The molecule has 2 amide bonds. The topological polar surface area (TPSA) is 132 Å². The SMILES string of the molecule is COC(=O)C(CCSC)NC(=O)CCCn1cc(-c2ccc(Cl)cc2Cl)nc1C(Cc1ccc(O)cc1)NC(=O)OC(C)(C)C. The lowest BCUT2D eigenvalue weighted by Crippen LogP contribution is -2.41. The van der Waals surface area contributed by atoms with Crippen molar-refractivity contribution in [3.05, 3.63) is 70.1 Å². The molecule has 0 aliphatic carbocycles. The third-order valence-electron chi connectivity index (χ3n) is 6.63. The summed E-state index contributed by atoms with van der Waals surface area (Å²) >= 11 is 14.2. The number of aromatic hydroxyl groups is 1. The third kappa shape index (κ3) is 11.5. The van der Waals surface area contributed by atoms with Gasteiger partial charge in [0.15, 0.2) is 0 Å². The van der Waals surface area contributed by atoms with E-state index in [2.05, 4.69) is 10.6 Å². The Balaban J connectivity index is 1.92. The first-order valence-electron chi connectivity index (χ1n) is 14.5. The van der Waals surface area contributed by atoms with Crippen LogP contribution in [0.25, 0.3) is 11.3 Å². The molecular formula is C32H40Cl2N4O6S. The number of carbonyl (C=O) groups is 3. The predicted octanol–water partition coefficient (Wildman–Crippen LogP) is 6.56. The third-order valence-corrected chi connectivity index (χ3v) is 7.82. The number of phenolic OH excluding ortho intramolecular Hbond substituents is 1. The number of aromatic nitrogens is 2. The van der Waals surface area contributed by atoms with Gasteiger partial charge in [-0.3, -0.25) is 4.79 Å². The summed E-state index contributed by atoms with van der Waals surface area (Å²) in [6, 6.07) is 10.4. The molecule has 2 unspecified atom stereocenters. The number of carbonyl (C=O) groups excluding carboxylic acids is 3. The number of hydrogen-bond acceptors (Lipinski definition) is 8. The number of amides is 2. The van der Waals surface area contributed by atoms with E-state index in [0.29, 0.717) is 58.7 Å². The van der Waals surface area contributed by atoms with Crippen LogP contribution < -0.4 is 10.6 Å². The van der Waals surface area contributed by atoms with Gasteiger partial charge in [-0.15, -0.1) is 0 Å². The Morgan fingerprint density at radius 3 is 2.42 bits per heavy atom. The standard InChI is InChI=1S/C32H40Cl2N4O6S/c1-32(2,3)44-31(42)37-26(17-20-8-11-22(39)12-9-20)29-36-27(23-13-10-21(33)18-24(23)34)19-38(29)15-6-7-28(40)35-25(14-16-45-5)30(41)43-4/h8-13,18-19,25-26,39H,6-7,14-17H2,1-5H3,(H,35,40)(H,37,42). The minimum Gasteiger partial charge on any atom is -0.508 e. The van der Waals surface area contributed by atoms with Crippen LogP contribution in [0, 0.1) is 0 Å². The van der Waals surface area contributed by atoms with Crippen molar-refractivity contribution in [2.75, 3.05) is 19.1 Å². The number of alkyl carbamates (subject to hydrolysis) is 1. The number of ether oxygens (including phenoxy) is 2. The molecule has 3 N–H and O–H groups in total. The number of phenols is 1. The van der Waals surface area contributed by atoms with Crippen LogP contribution in [0.1, 0.15) is 57.5 Å². The number of halogens is 2. The molecule has 0 bridgehead atoms. The molecule has 0 radical (unpaired) electrons. The fourth-order valence-electron chi connectivity index (χ4n) is 4.54. The number of imidazole rings is 1. The second-order valence-corrected chi connectivity index (χ2v) is 13.2. The highest BCUT2D eigenvalue weighted by molar-refractivity contribution is 7.98. The maximum absolute atomic E-state index is 13.0. The molecule has 0 saturated heterocycles. The number of thioether (sulfide) groups is 1. The molecule has 0 aliphatic rings. The van der Waals surface area contributed by atoms with Gasteiger partial charge >= 0.3 is 12.1 Å². The quantitative estimate of drug-likeness (QED) is 0.163. The van der Waals surface area contributed by atoms with Gasteiger partial charge in [-0.2, -0.15) is 11.8 Å². The van der Waals surface area contributed by atoms with Crippen LogP contribution in [0.2, 0.25) is 10.0 Å². The van der Waals surface area contributed by atoms with Crippen molar-refractivity contribution in [1.82, 2.24) is 20.2 Å². The zero-order chi connectivity index (χ0) is 33.1. The molecule has 1 heterocycles. The van der Waals surface area contributed by atoms with Crippen LogP contribution in [0.5, 0.6) is 5.75 Å². The van der Waals surface area contributed by atoms with Crippen molar-refractivity contribution in [3.63, 3.8) is 0 Å². The maximum Gasteiger partial charge on any atom is 0.408 e. The van der Waals surface area contributed by atoms with Gasteiger partial charge in [0.05, 0.1) is 23.9 Å². The molecule has 0 saturated carbocycles. The summed E-state index contributed by atoms with van der Waals surface area (Å²) < 4.78 is 12.3. The Morgan fingerprint density at radius 2 is 1.80 bits per heavy atom. The maximum atomic E-state index is 13.0. The second kappa shape index (κ2) is 16.8. The zero-order valence-corrected chi connectivity index (χ0v) is 28.4. The van der Waals surface area contributed by atoms with E-state index >= 15 is 0 Å². The number of hydrogen-bond donors (Lipinski definition) is 3. The van der Waals surface area contributed by atoms with Crippen molar-refractivity contribution >= 4 is 52.9 Å². The average Bonchev–Trinajstić information content (AvgIpc) is 3.38. The summed E-state index contributed by atoms with van der Waals surface area (Å²) in [5.41, 5.74) is 1.32. The van der Waals surface area contributed by atoms with Crippen LogP contribution in [-0.4, -0.2) is 63.4 Å². The molecular weight excluding hydrogens is 639 g/mol. The van der Waals surface area contributed by atoms with Crippen LogP contribution >= 0.6 is 35.0 Å². The van der Waals surface area contributed by atoms with Crippen LogP contribution in [0.4, 0.5) is 4.79 Å². The Hall–Kier alpha value is -3.41. The number of rotatable bonds is 14. The predicted molar refractivity (Wildman–Crippen MR) is 178 cm³/mol. The summed E-state index contributed by atoms with van der Waals surface area (Å²) in [6.07, 6.45) is 4.48. The van der Waals surface area contributed by atoms with E-state index in [9.17, 15) is 19.5 Å². The largest absolute Gasteiger partial charge is 0.508 e. The van der Waals surface area contributed by atoms with E-state index < -0.39 is 29.7 Å². The summed E-state index contributed by atoms with van der Waals surface area (Å²) in [4.78, 5) is 42.9. The molecule has 3 rings (SSSR count). The smallest absolute Gasteiger partial charge is 0.408 e. The van der Waals surface area contributed by atoms with E-state index in [4.69, 9.17) is 37.7 Å². The summed E-state index contributed by atoms with van der Waals surface area (Å²) in [5, 5.41) is 16.4. The highest BCUT2D eigenvalue weighted by Crippen LogP contribution is 2.32. The average molecular weight is 680 g/mol. The highest BCUT2D eigenvalue weighted by Gasteiger charge is 2.26. The number of methoxy groups -OCH3 is 1. The first-order valence-corrected chi connectivity index (χ1v) is 16.6. The Labute approximate surface area is 278 Å². The summed E-state index contributed by atoms with van der Waals surface area (Å²) in [5.74, 6) is 0.577. The molecule has 0 fully saturated rings. The van der Waals surface area contributed by atoms with Crippen molar-refractivity contribution in [2.45, 2.75) is 70.7 Å². The Morgan fingerprint density at radius 1 is 1.09 bits per heavy atom. The first kappa shape index (κ1) is 36.1. The van der Waals surface area contributed by atoms with Crippen LogP contribution in [0.3, 0.4) is 0 Å². The lowest BCUT2D eigenvalue weighted by atomic mass is 10.0. The van der Waals surface area contributed by atoms with E-state index in [1.165, 1.54) is 7.11 Å². The van der Waals surface area contributed by atoms with Gasteiger partial charge in [0.1, 0.15) is 23.2 Å². The monoisotopic (exact) mass is 678 g/mol. The molecule has 0 spiro atoms. The van der Waals surface area contributed by atoms with Crippen molar-refractivity contribution < 1.29 is 29.0 Å². The van der Waals surface area contributed by atoms with Crippen molar-refractivity contribution in [2.24, 2.45) is 0 Å². The fraction of sp³-hybridized carbons (Fsp3) is 0.438. The normalized spacial score (nSPS) is 12.7. The number of nitrogens with zero attached hydrogens (tertiary/aromatic N) is 2. The van der Waals surface area contributed by atoms with E-state index in [-0.39, 0.29) is 18.1 Å². The lowest BCUT2D eigenvalue weighted by Gasteiger charge is -2.24. The van der Waals surface area contributed by atoms with Gasteiger partial charge in [0.2, 0.25) is 5.91 Å². The van der Waals surface area contributed by atoms with Crippen molar-refractivity contribution in [3.8, 4) is 17.0 Å². The number of aryl methyl sites for hydroxylation is 1. The minimum absolute atomic E-state index is 0.123. The van der Waals surface area contributed by atoms with E-state index in [1.807, 2.05) is 17.0 Å². The van der Waals surface area contributed by atoms with Gasteiger partial charge in [0, 0.05) is 36.2 Å². The lowest BCUT2D eigenvalue weighted by molar-refractivity contribution is -0.145. The van der Waals surface area contributed by atoms with Gasteiger partial charge in [-0.1, -0.05) is 35.3 Å². The number of esters is 1. The molecule has 10 nitrogen and oxygen atoms in total. The molecule has 244 valence electrons. The number of nitrogens with one attached hydrogen (secondary N) is 2. The van der Waals surface area contributed by atoms with Crippen LogP contribution in [-0.2, 0) is 32.0 Å². The molecule has 2 aromatic carbocycles. The van der Waals surface area contributed by atoms with Gasteiger partial charge in [-0.25, -0.2) is 14.6 Å². The molecule has 45 heavy (non-hydrogen) atoms. The molecule has 13 heteroatoms. The van der Waals surface area contributed by atoms with E-state index in [0.717, 1.165) is 5.56 Å². The van der Waals surface area contributed by atoms with Gasteiger partial charge in [-0.05, 0) is 81.5 Å². The zero-order valence-electron chi connectivity index (χ0n) is 26.1. The Kier molecular flexibility index (Phi) is 13.4. The van der Waals surface area contributed by atoms with Crippen LogP contribution in [0.15, 0.2) is 48.7 Å². The molecule has 3 aromatic rings. The highest BCUT2D eigenvalue weighted by atomic mass is 35.5. The van der Waals surface area contributed by atoms with Gasteiger partial charge in [0.25, 0.3) is 0 Å². The molecule has 2 atom stereocenters. The first-order chi connectivity index (χ1) is 21.3.